The minimum absolute atomic E-state index is 0.238. The molecule has 182 valence electrons. The monoisotopic (exact) mass is 517 g/mol. The molecule has 10 heteroatoms. The number of hydrogen-bond donors (Lipinski definition) is 1. The van der Waals surface area contributed by atoms with Crippen LogP contribution in [-0.2, 0) is 11.4 Å². The second-order valence-corrected chi connectivity index (χ2v) is 10.3. The fourth-order valence-corrected chi connectivity index (χ4v) is 5.72. The number of furan rings is 1. The van der Waals surface area contributed by atoms with Gasteiger partial charge in [0.2, 0.25) is 0 Å². The van der Waals surface area contributed by atoms with Crippen LogP contribution in [0.4, 0.5) is 0 Å². The van der Waals surface area contributed by atoms with Gasteiger partial charge in [0.15, 0.2) is 10.4 Å². The van der Waals surface area contributed by atoms with Gasteiger partial charge in [-0.15, -0.1) is 0 Å². The molecular formula is C26H23N5O3S2. The molecule has 5 rings (SSSR count). The number of nitrogens with zero attached hydrogens (tertiary/aromatic N) is 4. The van der Waals surface area contributed by atoms with Crippen molar-refractivity contribution < 1.29 is 13.7 Å². The molecule has 2 unspecified atom stereocenters. The van der Waals surface area contributed by atoms with Gasteiger partial charge in [0.25, 0.3) is 0 Å². The lowest BCUT2D eigenvalue weighted by atomic mass is 9.99. The van der Waals surface area contributed by atoms with Crippen molar-refractivity contribution in [3.05, 3.63) is 95.6 Å². The van der Waals surface area contributed by atoms with Crippen LogP contribution in [0, 0.1) is 11.3 Å². The Balaban J connectivity index is 1.45. The summed E-state index contributed by atoms with van der Waals surface area (Å²) in [5.74, 6) is 1.08. The van der Waals surface area contributed by atoms with Crippen molar-refractivity contribution in [1.29, 1.82) is 5.26 Å². The Labute approximate surface area is 217 Å². The summed E-state index contributed by atoms with van der Waals surface area (Å²) in [5, 5.41) is 9.84. The van der Waals surface area contributed by atoms with E-state index in [0.29, 0.717) is 28.5 Å². The van der Waals surface area contributed by atoms with E-state index in [-0.39, 0.29) is 5.50 Å². The van der Waals surface area contributed by atoms with Crippen molar-refractivity contribution in [3.63, 3.8) is 0 Å². The molecule has 0 aliphatic carbocycles. The highest BCUT2D eigenvalue weighted by Crippen LogP contribution is 2.35. The first kappa shape index (κ1) is 24.1. The predicted molar refractivity (Wildman–Crippen MR) is 142 cm³/mol. The summed E-state index contributed by atoms with van der Waals surface area (Å²) in [6.45, 7) is 0.493. The Hall–Kier alpha value is -3.62. The first-order valence-electron chi connectivity index (χ1n) is 11.1. The molecule has 8 nitrogen and oxygen atoms in total. The van der Waals surface area contributed by atoms with Gasteiger partial charge < -0.3 is 23.5 Å². The minimum Gasteiger partial charge on any atom is -0.593 e. The summed E-state index contributed by atoms with van der Waals surface area (Å²) in [6, 6.07) is 19.2. The molecule has 0 bridgehead atoms. The minimum atomic E-state index is -1.53. The normalized spacial score (nSPS) is 18.3. The van der Waals surface area contributed by atoms with Gasteiger partial charge in [-0.1, -0.05) is 35.1 Å². The van der Waals surface area contributed by atoms with Gasteiger partial charge in [0.1, 0.15) is 23.9 Å². The maximum absolute atomic E-state index is 12.9. The van der Waals surface area contributed by atoms with Gasteiger partial charge in [-0.05, 0) is 29.8 Å². The topological polar surface area (TPSA) is 100 Å². The molecule has 2 aromatic carbocycles. The van der Waals surface area contributed by atoms with Gasteiger partial charge >= 0.3 is 0 Å². The maximum atomic E-state index is 12.9. The van der Waals surface area contributed by atoms with Gasteiger partial charge in [0.05, 0.1) is 36.0 Å². The summed E-state index contributed by atoms with van der Waals surface area (Å²) in [5.41, 5.74) is 3.96. The zero-order valence-electron chi connectivity index (χ0n) is 19.6. The number of hydrogen-bond acceptors (Lipinski definition) is 9. The van der Waals surface area contributed by atoms with E-state index < -0.39 is 11.4 Å². The molecule has 0 saturated carbocycles. The van der Waals surface area contributed by atoms with Crippen LogP contribution in [0.5, 0.6) is 5.75 Å². The molecule has 0 radical (unpaired) electrons. The predicted octanol–water partition coefficient (Wildman–Crippen LogP) is 4.45. The van der Waals surface area contributed by atoms with Crippen LogP contribution in [-0.4, -0.2) is 46.8 Å². The van der Waals surface area contributed by atoms with E-state index in [0.717, 1.165) is 22.4 Å². The van der Waals surface area contributed by atoms with Crippen LogP contribution in [0.1, 0.15) is 16.7 Å². The van der Waals surface area contributed by atoms with Gasteiger partial charge in [-0.2, -0.15) is 5.26 Å². The molecule has 3 heterocycles. The first-order valence-corrected chi connectivity index (χ1v) is 13.1. The zero-order valence-corrected chi connectivity index (χ0v) is 21.3. The van der Waals surface area contributed by atoms with Gasteiger partial charge in [-0.3, -0.25) is 0 Å². The number of rotatable bonds is 7. The van der Waals surface area contributed by atoms with Crippen LogP contribution in [0.3, 0.4) is 0 Å². The summed E-state index contributed by atoms with van der Waals surface area (Å²) in [4.78, 5) is 4.41. The fourth-order valence-electron chi connectivity index (χ4n) is 3.87. The number of allylic oxidation sites excluding steroid dienone is 2. The summed E-state index contributed by atoms with van der Waals surface area (Å²) in [6.07, 6.45) is 7.03. The molecular weight excluding hydrogens is 494 g/mol. The number of nitrogens with one attached hydrogen (secondary N) is 1. The molecule has 2 aliphatic heterocycles. The highest BCUT2D eigenvalue weighted by molar-refractivity contribution is 8.00. The molecule has 2 atom stereocenters. The van der Waals surface area contributed by atoms with Crippen LogP contribution in [0.2, 0.25) is 0 Å². The third-order valence-electron chi connectivity index (χ3n) is 5.76. The second-order valence-electron chi connectivity index (χ2n) is 8.20. The third-order valence-corrected chi connectivity index (χ3v) is 7.90. The van der Waals surface area contributed by atoms with E-state index in [9.17, 15) is 9.81 Å². The smallest absolute Gasteiger partial charge is 0.192 e. The average molecular weight is 518 g/mol. The molecule has 36 heavy (non-hydrogen) atoms. The van der Waals surface area contributed by atoms with E-state index >= 15 is 0 Å². The largest absolute Gasteiger partial charge is 0.593 e. The Morgan fingerprint density at radius 1 is 1.19 bits per heavy atom. The lowest BCUT2D eigenvalue weighted by molar-refractivity contribution is 0.360. The number of nitriles is 1. The van der Waals surface area contributed by atoms with E-state index in [1.807, 2.05) is 43.3 Å². The summed E-state index contributed by atoms with van der Waals surface area (Å²) < 4.78 is 31.6. The highest BCUT2D eigenvalue weighted by atomic mass is 32.2. The molecule has 2 aliphatic rings. The highest BCUT2D eigenvalue weighted by Gasteiger charge is 2.27. The van der Waals surface area contributed by atoms with Crippen molar-refractivity contribution in [3.8, 4) is 11.8 Å². The summed E-state index contributed by atoms with van der Waals surface area (Å²) in [7, 11) is 3.85. The zero-order chi connectivity index (χ0) is 25.1. The van der Waals surface area contributed by atoms with Gasteiger partial charge in [0, 0.05) is 48.9 Å². The van der Waals surface area contributed by atoms with Crippen molar-refractivity contribution in [2.45, 2.75) is 10.4 Å². The van der Waals surface area contributed by atoms with Crippen molar-refractivity contribution in [1.82, 2.24) is 14.5 Å². The summed E-state index contributed by atoms with van der Waals surface area (Å²) >= 11 is -0.240. The third kappa shape index (κ3) is 5.01. The van der Waals surface area contributed by atoms with E-state index in [2.05, 4.69) is 38.3 Å². The Bertz CT molecular complexity index is 1370. The first-order chi connectivity index (χ1) is 17.5. The van der Waals surface area contributed by atoms with Crippen LogP contribution in [0.25, 0.3) is 11.3 Å². The number of benzene rings is 2. The number of likely N-dealkylation sites (N-methyl/N-ethyl adjacent to an activating group) is 1. The van der Waals surface area contributed by atoms with Crippen LogP contribution in [0.15, 0.2) is 92.7 Å². The molecule has 0 amide bonds. The molecule has 0 spiro atoms. The molecule has 0 saturated heterocycles. The van der Waals surface area contributed by atoms with Crippen molar-refractivity contribution >= 4 is 40.9 Å². The van der Waals surface area contributed by atoms with Crippen LogP contribution >= 0.6 is 11.9 Å². The SMILES string of the molecule is CN1CC(Oc2ccc([S+]([O-])NC3SN=CN3C)cc2C#N)=C(c2ccoc2)C=C1c1ccccc1. The van der Waals surface area contributed by atoms with Crippen molar-refractivity contribution in [2.24, 2.45) is 4.40 Å². The van der Waals surface area contributed by atoms with E-state index in [1.165, 1.54) is 11.9 Å². The quantitative estimate of drug-likeness (QED) is 0.363. The number of ether oxygens (including phenoxy) is 1. The maximum Gasteiger partial charge on any atom is 0.192 e. The molecule has 1 N–H and O–H groups in total. The fraction of sp³-hybridized carbons (Fsp3) is 0.154. The van der Waals surface area contributed by atoms with E-state index in [1.54, 1.807) is 37.1 Å². The Morgan fingerprint density at radius 3 is 2.72 bits per heavy atom. The van der Waals surface area contributed by atoms with E-state index in [4.69, 9.17) is 9.15 Å². The standard InChI is InChI=1S/C26H23N5O3S2/c1-30-15-25(22(19-10-11-33-16-19)13-23(30)18-6-4-3-5-7-18)34-24-9-8-21(12-20(24)14-27)36(32)29-26-31(2)17-28-35-26/h3-13,16-17,26,29H,15H2,1-2H3. The second kappa shape index (κ2) is 10.6. The van der Waals surface area contributed by atoms with Gasteiger partial charge in [-0.25, -0.2) is 4.40 Å². The molecule has 1 aromatic heterocycles. The molecule has 3 aromatic rings. The van der Waals surface area contributed by atoms with Crippen LogP contribution < -0.4 is 9.46 Å². The Kier molecular flexibility index (Phi) is 7.06. The lowest BCUT2D eigenvalue weighted by Crippen LogP contribution is -2.40. The lowest BCUT2D eigenvalue weighted by Gasteiger charge is -2.30. The molecule has 0 fully saturated rings. The Morgan fingerprint density at radius 2 is 2.03 bits per heavy atom. The van der Waals surface area contributed by atoms with Crippen molar-refractivity contribution in [2.75, 3.05) is 20.6 Å². The average Bonchev–Trinajstić information content (AvgIpc) is 3.57.